The van der Waals surface area contributed by atoms with Gasteiger partial charge in [0.15, 0.2) is 0 Å². The lowest BCUT2D eigenvalue weighted by Gasteiger charge is -2.25. The summed E-state index contributed by atoms with van der Waals surface area (Å²) in [6, 6.07) is 3.81. The Morgan fingerprint density at radius 2 is 2.24 bits per heavy atom. The van der Waals surface area contributed by atoms with E-state index in [1.165, 1.54) is 0 Å². The second kappa shape index (κ2) is 5.25. The monoisotopic (exact) mass is 255 g/mol. The average molecular weight is 256 g/mol. The molecule has 1 unspecified atom stereocenters. The van der Waals surface area contributed by atoms with Gasteiger partial charge in [0, 0.05) is 18.7 Å². The molecule has 0 saturated carbocycles. The van der Waals surface area contributed by atoms with Gasteiger partial charge in [0.2, 0.25) is 0 Å². The zero-order valence-corrected chi connectivity index (χ0v) is 10.9. The molecule has 1 fully saturated rings. The minimum absolute atomic E-state index is 0.111. The summed E-state index contributed by atoms with van der Waals surface area (Å²) in [5.74, 6) is 0.521. The Kier molecular flexibility index (Phi) is 3.92. The summed E-state index contributed by atoms with van der Waals surface area (Å²) in [5.41, 5.74) is 1.91. The molecule has 0 aliphatic carbocycles. The van der Waals surface area contributed by atoms with Crippen LogP contribution in [0.2, 0.25) is 5.02 Å². The summed E-state index contributed by atoms with van der Waals surface area (Å²) in [7, 11) is 0. The molecule has 3 nitrogen and oxygen atoms in total. The molecule has 1 aliphatic heterocycles. The molecule has 1 aliphatic rings. The normalized spacial score (nSPS) is 20.8. The molecule has 0 aromatic heterocycles. The highest BCUT2D eigenvalue weighted by Gasteiger charge is 2.21. The van der Waals surface area contributed by atoms with Crippen molar-refractivity contribution in [2.24, 2.45) is 0 Å². The van der Waals surface area contributed by atoms with Crippen LogP contribution in [0.4, 0.5) is 0 Å². The molecule has 2 N–H and O–H groups in total. The average Bonchev–Trinajstić information content (AvgIpc) is 2.33. The van der Waals surface area contributed by atoms with E-state index in [1.807, 2.05) is 12.1 Å². The number of aromatic hydroxyl groups is 1. The van der Waals surface area contributed by atoms with Crippen molar-refractivity contribution in [1.29, 1.82) is 0 Å². The van der Waals surface area contributed by atoms with Gasteiger partial charge in [-0.25, -0.2) is 0 Å². The van der Waals surface area contributed by atoms with Crippen LogP contribution in [0.3, 0.4) is 0 Å². The third-order valence-corrected chi connectivity index (χ3v) is 3.34. The number of rotatable bonds is 2. The van der Waals surface area contributed by atoms with Crippen LogP contribution in [0.5, 0.6) is 5.75 Å². The number of ether oxygens (including phenoxy) is 1. The first kappa shape index (κ1) is 12.7. The van der Waals surface area contributed by atoms with E-state index >= 15 is 0 Å². The molecule has 0 bridgehead atoms. The molecule has 4 heteroatoms. The van der Waals surface area contributed by atoms with E-state index < -0.39 is 0 Å². The zero-order chi connectivity index (χ0) is 12.4. The fourth-order valence-corrected chi connectivity index (χ4v) is 2.22. The highest BCUT2D eigenvalue weighted by atomic mass is 35.5. The Labute approximate surface area is 107 Å². The number of benzene rings is 1. The van der Waals surface area contributed by atoms with E-state index in [4.69, 9.17) is 16.3 Å². The Balaban J connectivity index is 2.36. The maximum atomic E-state index is 10.0. The first-order valence-corrected chi connectivity index (χ1v) is 6.32. The van der Waals surface area contributed by atoms with E-state index in [-0.39, 0.29) is 11.9 Å². The molecule has 17 heavy (non-hydrogen) atoms. The fraction of sp³-hybridized carbons (Fsp3) is 0.538. The van der Waals surface area contributed by atoms with Crippen LogP contribution in [-0.2, 0) is 4.74 Å². The quantitative estimate of drug-likeness (QED) is 0.854. The zero-order valence-electron chi connectivity index (χ0n) is 10.2. The topological polar surface area (TPSA) is 41.5 Å². The van der Waals surface area contributed by atoms with E-state index in [9.17, 15) is 5.11 Å². The summed E-state index contributed by atoms with van der Waals surface area (Å²) in [4.78, 5) is 0. The van der Waals surface area contributed by atoms with Gasteiger partial charge in [-0.15, -0.1) is 0 Å². The van der Waals surface area contributed by atoms with E-state index in [0.717, 1.165) is 17.7 Å². The van der Waals surface area contributed by atoms with Gasteiger partial charge in [-0.3, -0.25) is 0 Å². The highest BCUT2D eigenvalue weighted by Crippen LogP contribution is 2.36. The first-order valence-electron chi connectivity index (χ1n) is 5.94. The summed E-state index contributed by atoms with van der Waals surface area (Å²) in [6.07, 6.45) is -0.111. The van der Waals surface area contributed by atoms with Crippen LogP contribution >= 0.6 is 11.6 Å². The van der Waals surface area contributed by atoms with Crippen molar-refractivity contribution in [3.8, 4) is 5.75 Å². The number of halogens is 1. The Morgan fingerprint density at radius 1 is 1.47 bits per heavy atom. The number of hydrogen-bond acceptors (Lipinski definition) is 3. The number of hydrogen-bond donors (Lipinski definition) is 2. The van der Waals surface area contributed by atoms with E-state index in [2.05, 4.69) is 19.2 Å². The molecular weight excluding hydrogens is 238 g/mol. The van der Waals surface area contributed by atoms with Gasteiger partial charge in [-0.2, -0.15) is 0 Å². The molecule has 1 heterocycles. The smallest absolute Gasteiger partial charge is 0.140 e. The second-order valence-electron chi connectivity index (χ2n) is 4.66. The predicted molar refractivity (Wildman–Crippen MR) is 68.8 cm³/mol. The minimum atomic E-state index is -0.111. The molecule has 1 saturated heterocycles. The van der Waals surface area contributed by atoms with Gasteiger partial charge in [0.05, 0.1) is 17.7 Å². The molecule has 0 radical (unpaired) electrons. The van der Waals surface area contributed by atoms with Gasteiger partial charge in [0.25, 0.3) is 0 Å². The Hall–Kier alpha value is -0.770. The molecule has 1 atom stereocenters. The van der Waals surface area contributed by atoms with E-state index in [1.54, 1.807) is 0 Å². The molecule has 1 aromatic rings. The van der Waals surface area contributed by atoms with Crippen LogP contribution in [0, 0.1) is 0 Å². The maximum absolute atomic E-state index is 10.0. The lowest BCUT2D eigenvalue weighted by Crippen LogP contribution is -2.33. The summed E-state index contributed by atoms with van der Waals surface area (Å²) < 4.78 is 5.65. The Morgan fingerprint density at radius 3 is 2.82 bits per heavy atom. The number of phenolic OH excluding ortho intramolecular Hbond substituents is 1. The van der Waals surface area contributed by atoms with Crippen LogP contribution < -0.4 is 5.32 Å². The van der Waals surface area contributed by atoms with Crippen molar-refractivity contribution >= 4 is 11.6 Å². The number of phenols is 1. The standard InChI is InChI=1S/C13H18ClNO2/c1-8(2)9-5-10(13(16)11(14)6-9)12-7-15-3-4-17-12/h5-6,8,12,15-16H,3-4,7H2,1-2H3. The third-order valence-electron chi connectivity index (χ3n) is 3.06. The summed E-state index contributed by atoms with van der Waals surface area (Å²) >= 11 is 6.06. The highest BCUT2D eigenvalue weighted by molar-refractivity contribution is 6.32. The minimum Gasteiger partial charge on any atom is -0.506 e. The van der Waals surface area contributed by atoms with Crippen molar-refractivity contribution in [3.05, 3.63) is 28.3 Å². The van der Waals surface area contributed by atoms with Crippen molar-refractivity contribution in [2.45, 2.75) is 25.9 Å². The van der Waals surface area contributed by atoms with Crippen LogP contribution in [0.25, 0.3) is 0 Å². The lowest BCUT2D eigenvalue weighted by atomic mass is 9.97. The largest absolute Gasteiger partial charge is 0.506 e. The fourth-order valence-electron chi connectivity index (χ4n) is 1.99. The molecule has 0 spiro atoms. The van der Waals surface area contributed by atoms with Gasteiger partial charge >= 0.3 is 0 Å². The number of nitrogens with one attached hydrogen (secondary N) is 1. The molecular formula is C13H18ClNO2. The van der Waals surface area contributed by atoms with Gasteiger partial charge in [-0.05, 0) is 23.6 Å². The van der Waals surface area contributed by atoms with E-state index in [0.29, 0.717) is 24.1 Å². The first-order chi connectivity index (χ1) is 8.09. The van der Waals surface area contributed by atoms with Crippen molar-refractivity contribution in [3.63, 3.8) is 0 Å². The molecule has 94 valence electrons. The van der Waals surface area contributed by atoms with Crippen LogP contribution in [0.1, 0.15) is 37.0 Å². The van der Waals surface area contributed by atoms with Gasteiger partial charge < -0.3 is 15.2 Å². The summed E-state index contributed by atoms with van der Waals surface area (Å²) in [6.45, 7) is 6.44. The Bertz CT molecular complexity index is 401. The molecule has 2 rings (SSSR count). The number of morpholine rings is 1. The third kappa shape index (κ3) is 2.73. The van der Waals surface area contributed by atoms with Crippen molar-refractivity contribution < 1.29 is 9.84 Å². The van der Waals surface area contributed by atoms with Crippen LogP contribution in [0.15, 0.2) is 12.1 Å². The molecule has 1 aromatic carbocycles. The second-order valence-corrected chi connectivity index (χ2v) is 5.07. The maximum Gasteiger partial charge on any atom is 0.140 e. The SMILES string of the molecule is CC(C)c1cc(Cl)c(O)c(C2CNCCO2)c1. The predicted octanol–water partition coefficient (Wildman–Crippen LogP) is 2.83. The van der Waals surface area contributed by atoms with Gasteiger partial charge in [0.1, 0.15) is 5.75 Å². The van der Waals surface area contributed by atoms with Crippen molar-refractivity contribution in [1.82, 2.24) is 5.32 Å². The van der Waals surface area contributed by atoms with Crippen LogP contribution in [-0.4, -0.2) is 24.8 Å². The summed E-state index contributed by atoms with van der Waals surface area (Å²) in [5, 5.41) is 13.7. The van der Waals surface area contributed by atoms with Gasteiger partial charge in [-0.1, -0.05) is 25.4 Å². The molecule has 0 amide bonds. The lowest BCUT2D eigenvalue weighted by molar-refractivity contribution is 0.0263. The van der Waals surface area contributed by atoms with Crippen molar-refractivity contribution in [2.75, 3.05) is 19.7 Å².